The summed E-state index contributed by atoms with van der Waals surface area (Å²) in [6.45, 7) is 0. The predicted molar refractivity (Wildman–Crippen MR) is 70.6 cm³/mol. The molecule has 0 saturated heterocycles. The Bertz CT molecular complexity index is 520. The van der Waals surface area contributed by atoms with Gasteiger partial charge in [0, 0.05) is 24.2 Å². The van der Waals surface area contributed by atoms with Gasteiger partial charge in [0.2, 0.25) is 5.88 Å². The van der Waals surface area contributed by atoms with Crippen LogP contribution in [0.25, 0.3) is 11.1 Å². The van der Waals surface area contributed by atoms with Gasteiger partial charge >= 0.3 is 0 Å². The fourth-order valence-electron chi connectivity index (χ4n) is 1.80. The lowest BCUT2D eigenvalue weighted by Crippen LogP contribution is -1.89. The van der Waals surface area contributed by atoms with Crippen LogP contribution < -0.4 is 4.74 Å². The van der Waals surface area contributed by atoms with Crippen LogP contribution in [0.1, 0.15) is 12.0 Å². The van der Waals surface area contributed by atoms with E-state index in [4.69, 9.17) is 4.74 Å². The molecule has 0 bridgehead atoms. The molecule has 0 amide bonds. The molecular weight excluding hydrogens is 226 g/mol. The van der Waals surface area contributed by atoms with E-state index in [1.165, 1.54) is 0 Å². The monoisotopic (exact) mass is 241 g/mol. The van der Waals surface area contributed by atoms with Crippen LogP contribution >= 0.6 is 0 Å². The van der Waals surface area contributed by atoms with Crippen LogP contribution in [-0.4, -0.2) is 18.4 Å². The van der Waals surface area contributed by atoms with Crippen molar-refractivity contribution < 1.29 is 9.53 Å². The first-order valence-electron chi connectivity index (χ1n) is 5.86. The van der Waals surface area contributed by atoms with E-state index in [9.17, 15) is 4.79 Å². The molecule has 0 spiro atoms. The molecule has 18 heavy (non-hydrogen) atoms. The van der Waals surface area contributed by atoms with Crippen LogP contribution in [0.3, 0.4) is 0 Å². The van der Waals surface area contributed by atoms with E-state index in [2.05, 4.69) is 11.1 Å². The summed E-state index contributed by atoms with van der Waals surface area (Å²) in [7, 11) is 1.60. The summed E-state index contributed by atoms with van der Waals surface area (Å²) >= 11 is 0. The molecule has 3 nitrogen and oxygen atoms in total. The zero-order chi connectivity index (χ0) is 12.8. The van der Waals surface area contributed by atoms with Crippen LogP contribution in [-0.2, 0) is 11.2 Å². The first kappa shape index (κ1) is 12.3. The molecular formula is C15H15NO2. The molecule has 92 valence electrons. The molecule has 1 aromatic carbocycles. The highest BCUT2D eigenvalue weighted by Crippen LogP contribution is 2.21. The average Bonchev–Trinajstić information content (AvgIpc) is 2.45. The molecule has 0 aliphatic heterocycles. The number of hydrogen-bond donors (Lipinski definition) is 0. The van der Waals surface area contributed by atoms with Crippen LogP contribution in [0.15, 0.2) is 42.6 Å². The quantitative estimate of drug-likeness (QED) is 0.755. The van der Waals surface area contributed by atoms with Crippen molar-refractivity contribution in [3.63, 3.8) is 0 Å². The van der Waals surface area contributed by atoms with Gasteiger partial charge in [-0.05, 0) is 23.6 Å². The number of aryl methyl sites for hydroxylation is 1. The third kappa shape index (κ3) is 2.94. The van der Waals surface area contributed by atoms with Crippen molar-refractivity contribution in [1.82, 2.24) is 4.98 Å². The number of aromatic nitrogens is 1. The number of nitrogens with zero attached hydrogens (tertiary/aromatic N) is 1. The molecule has 0 atom stereocenters. The van der Waals surface area contributed by atoms with Crippen molar-refractivity contribution in [2.75, 3.05) is 7.11 Å². The van der Waals surface area contributed by atoms with Gasteiger partial charge < -0.3 is 9.53 Å². The van der Waals surface area contributed by atoms with Crippen molar-refractivity contribution in [2.45, 2.75) is 12.8 Å². The van der Waals surface area contributed by atoms with E-state index in [1.807, 2.05) is 30.3 Å². The van der Waals surface area contributed by atoms with Gasteiger partial charge in [0.25, 0.3) is 0 Å². The highest BCUT2D eigenvalue weighted by Gasteiger charge is 2.01. The number of methoxy groups -OCH3 is 1. The molecule has 0 fully saturated rings. The number of carbonyl (C=O) groups excluding carboxylic acids is 1. The van der Waals surface area contributed by atoms with Gasteiger partial charge in [-0.25, -0.2) is 4.98 Å². The van der Waals surface area contributed by atoms with Gasteiger partial charge in [-0.15, -0.1) is 0 Å². The predicted octanol–water partition coefficient (Wildman–Crippen LogP) is 2.89. The summed E-state index contributed by atoms with van der Waals surface area (Å²) in [6, 6.07) is 12.0. The smallest absolute Gasteiger partial charge is 0.212 e. The maximum absolute atomic E-state index is 10.4. The Morgan fingerprint density at radius 3 is 2.78 bits per heavy atom. The average molecular weight is 241 g/mol. The molecule has 0 radical (unpaired) electrons. The van der Waals surface area contributed by atoms with Crippen molar-refractivity contribution in [3.8, 4) is 17.0 Å². The zero-order valence-corrected chi connectivity index (χ0v) is 10.3. The maximum atomic E-state index is 10.4. The summed E-state index contributed by atoms with van der Waals surface area (Å²) in [5.74, 6) is 0.607. The fraction of sp³-hybridized carbons (Fsp3) is 0.200. The first-order chi connectivity index (χ1) is 8.83. The van der Waals surface area contributed by atoms with Crippen molar-refractivity contribution in [1.29, 1.82) is 0 Å². The molecule has 0 unspecified atom stereocenters. The molecule has 0 N–H and O–H groups in total. The molecule has 0 aliphatic carbocycles. The Morgan fingerprint density at radius 2 is 2.11 bits per heavy atom. The Labute approximate surface area is 106 Å². The van der Waals surface area contributed by atoms with Gasteiger partial charge in [-0.3, -0.25) is 0 Å². The highest BCUT2D eigenvalue weighted by molar-refractivity contribution is 5.63. The summed E-state index contributed by atoms with van der Waals surface area (Å²) in [5, 5.41) is 0. The van der Waals surface area contributed by atoms with Gasteiger partial charge in [-0.1, -0.05) is 24.3 Å². The standard InChI is InChI=1S/C15H15NO2/c1-18-15-8-7-14(11-16-15)13-6-2-4-12(10-13)5-3-9-17/h2,4,6-11H,3,5H2,1H3. The number of rotatable bonds is 5. The Hall–Kier alpha value is -2.16. The second-order valence-corrected chi connectivity index (χ2v) is 3.99. The SMILES string of the molecule is COc1ccc(-c2cccc(CCC=O)c2)cn1. The van der Waals surface area contributed by atoms with Crippen molar-refractivity contribution in [3.05, 3.63) is 48.2 Å². The third-order valence-electron chi connectivity index (χ3n) is 2.76. The van der Waals surface area contributed by atoms with Crippen molar-refractivity contribution >= 4 is 6.29 Å². The minimum Gasteiger partial charge on any atom is -0.481 e. The van der Waals surface area contributed by atoms with E-state index in [-0.39, 0.29) is 0 Å². The van der Waals surface area contributed by atoms with Crippen LogP contribution in [0, 0.1) is 0 Å². The van der Waals surface area contributed by atoms with E-state index in [1.54, 1.807) is 13.3 Å². The van der Waals surface area contributed by atoms with Gasteiger partial charge in [0.15, 0.2) is 0 Å². The Balaban J connectivity index is 2.23. The lowest BCUT2D eigenvalue weighted by molar-refractivity contribution is -0.107. The summed E-state index contributed by atoms with van der Waals surface area (Å²) in [5.41, 5.74) is 3.31. The highest BCUT2D eigenvalue weighted by atomic mass is 16.5. The van der Waals surface area contributed by atoms with Crippen LogP contribution in [0.5, 0.6) is 5.88 Å². The minimum absolute atomic E-state index is 0.560. The van der Waals surface area contributed by atoms with Crippen LogP contribution in [0.4, 0.5) is 0 Å². The summed E-state index contributed by atoms with van der Waals surface area (Å²) in [6.07, 6.45) is 4.07. The largest absolute Gasteiger partial charge is 0.481 e. The number of carbonyl (C=O) groups is 1. The molecule has 3 heteroatoms. The summed E-state index contributed by atoms with van der Waals surface area (Å²) < 4.78 is 5.03. The first-order valence-corrected chi connectivity index (χ1v) is 5.86. The molecule has 2 aromatic rings. The fourth-order valence-corrected chi connectivity index (χ4v) is 1.80. The normalized spacial score (nSPS) is 10.1. The number of benzene rings is 1. The molecule has 0 aliphatic rings. The van der Waals surface area contributed by atoms with E-state index in [0.29, 0.717) is 12.3 Å². The molecule has 2 rings (SSSR count). The van der Waals surface area contributed by atoms with Crippen molar-refractivity contribution in [2.24, 2.45) is 0 Å². The van der Waals surface area contributed by atoms with E-state index >= 15 is 0 Å². The lowest BCUT2D eigenvalue weighted by Gasteiger charge is -2.05. The zero-order valence-electron chi connectivity index (χ0n) is 10.3. The van der Waals surface area contributed by atoms with Gasteiger partial charge in [-0.2, -0.15) is 0 Å². The topological polar surface area (TPSA) is 39.2 Å². The van der Waals surface area contributed by atoms with E-state index in [0.717, 1.165) is 29.4 Å². The second-order valence-electron chi connectivity index (χ2n) is 3.99. The molecule has 0 saturated carbocycles. The lowest BCUT2D eigenvalue weighted by atomic mass is 10.0. The minimum atomic E-state index is 0.560. The van der Waals surface area contributed by atoms with Crippen LogP contribution in [0.2, 0.25) is 0 Å². The van der Waals surface area contributed by atoms with Gasteiger partial charge in [0.05, 0.1) is 7.11 Å². The van der Waals surface area contributed by atoms with E-state index < -0.39 is 0 Å². The van der Waals surface area contributed by atoms with Gasteiger partial charge in [0.1, 0.15) is 6.29 Å². The second kappa shape index (κ2) is 5.96. The third-order valence-corrected chi connectivity index (χ3v) is 2.76. The number of aldehydes is 1. The summed E-state index contributed by atoms with van der Waals surface area (Å²) in [4.78, 5) is 14.6. The number of hydrogen-bond acceptors (Lipinski definition) is 3. The Morgan fingerprint density at radius 1 is 1.22 bits per heavy atom. The molecule has 1 heterocycles. The Kier molecular flexibility index (Phi) is 4.07. The molecule has 1 aromatic heterocycles. The number of ether oxygens (including phenoxy) is 1. The maximum Gasteiger partial charge on any atom is 0.212 e. The number of pyridine rings is 1.